The van der Waals surface area contributed by atoms with Gasteiger partial charge in [0.05, 0.1) is 54.2 Å². The van der Waals surface area contributed by atoms with Crippen LogP contribution in [-0.2, 0) is 29.1 Å². The van der Waals surface area contributed by atoms with Crippen molar-refractivity contribution in [2.45, 2.75) is 114 Å². The highest BCUT2D eigenvalue weighted by atomic mass is 32.2. The van der Waals surface area contributed by atoms with Gasteiger partial charge in [0.15, 0.2) is 18.6 Å². The van der Waals surface area contributed by atoms with E-state index in [2.05, 4.69) is 67.3 Å². The molecule has 6 amide bonds. The fraction of sp³-hybridized carbons (Fsp3) is 0.355. The highest BCUT2D eigenvalue weighted by molar-refractivity contribution is 7.83. The molecule has 0 aliphatic carbocycles. The molecule has 15 rings (SSSR count). The molecule has 9 atom stereocenters. The summed E-state index contributed by atoms with van der Waals surface area (Å²) in [5.41, 5.74) is 7.86. The van der Waals surface area contributed by atoms with Crippen molar-refractivity contribution in [3.8, 4) is 17.2 Å². The molecule has 0 spiro atoms. The van der Waals surface area contributed by atoms with Crippen molar-refractivity contribution >= 4 is 71.7 Å². The first-order valence-electron chi connectivity index (χ1n) is 42.9. The van der Waals surface area contributed by atoms with Crippen LogP contribution >= 0.6 is 0 Å². The van der Waals surface area contributed by atoms with E-state index in [1.54, 1.807) is 23.1 Å². The highest BCUT2D eigenvalue weighted by Gasteiger charge is 2.53. The fourth-order valence-corrected chi connectivity index (χ4v) is 18.1. The molecule has 132 heavy (non-hydrogen) atoms. The topological polar surface area (TPSA) is 361 Å². The number of quaternary nitrogens is 1. The van der Waals surface area contributed by atoms with Gasteiger partial charge in [0.25, 0.3) is 0 Å². The molecular weight excluding hydrogens is 1770 g/mol. The number of halogens is 9. The first kappa shape index (κ1) is 99.3. The van der Waals surface area contributed by atoms with Crippen molar-refractivity contribution in [1.29, 1.82) is 0 Å². The standard InChI is InChI=1S/C35H42F3N3O4Si.C29H28F3N3O7S.C29H28F3N3O4.H6N4/c1-35(2,3)46(4,5)45-31(23-6-8-24(36)9-7-23)17-16-29-32(41(33(29)42)26-12-10-25(37)11-13-26)28-15-14-27(22-30(28)38)44-34(43)40-20-18-39-19-21-40;30-19-3-1-18(2-4-19)26(36)12-11-24-27(35(28(24)37)21-7-5-20(31)6-8-21)23-10-9-22(17-25(23)32)42-29(38)33-13-15-34(16-14-33)43(39,40)41;30-19-3-1-18(2-4-19)26(36)12-11-24-27(35(28(24)37)21-7-5-20(31)6-8-21)23-10-9-22(17-25(23)32)39-29(38)34-15-13-33-14-16-34;1-3-4-2/h6-15,22,29,31-32,39H,16-21H2,1-5H3;1-10,17,24,26-27,36H,11-16H2,(H,39,40,41);1-10,17,24,26-27,33,36H,11-16H2;3-4H,1-2H2/t29-,31+,32-;2*24-,26+,27-;/m111./s1. The lowest BCUT2D eigenvalue weighted by molar-refractivity contribution is -0.457. The molecule has 28 nitrogen and oxygen atoms in total. The highest BCUT2D eigenvalue weighted by Crippen LogP contribution is 2.52. The summed E-state index contributed by atoms with van der Waals surface area (Å²) >= 11 is 0. The fourth-order valence-electron chi connectivity index (χ4n) is 16.2. The van der Waals surface area contributed by atoms with Gasteiger partial charge in [-0.1, -0.05) is 80.9 Å². The predicted octanol–water partition coefficient (Wildman–Crippen LogP) is 13.5. The minimum Gasteiger partial charge on any atom is -0.735 e. The molecular formula is C93H104F9N13O15SSi. The number of nitrogens with two attached hydrogens (primary N) is 1. The number of aliphatic hydroxyl groups excluding tert-OH is 2. The lowest BCUT2D eigenvalue weighted by atomic mass is 9.78. The third kappa shape index (κ3) is 24.6. The summed E-state index contributed by atoms with van der Waals surface area (Å²) in [6.07, 6.45) is -2.74. The second-order valence-corrected chi connectivity index (χ2v) is 39.9. The van der Waals surface area contributed by atoms with Crippen molar-refractivity contribution in [3.05, 3.63) is 286 Å². The van der Waals surface area contributed by atoms with E-state index in [0.717, 1.165) is 17.7 Å². The average molecular weight is 1880 g/mol. The summed E-state index contributed by atoms with van der Waals surface area (Å²) in [5.74, 6) is 0.147. The van der Waals surface area contributed by atoms with Crippen molar-refractivity contribution < 1.29 is 116 Å². The van der Waals surface area contributed by atoms with Crippen LogP contribution in [0.1, 0.15) is 129 Å². The molecule has 6 saturated heterocycles. The van der Waals surface area contributed by atoms with Gasteiger partial charge in [-0.05, 0) is 201 Å². The van der Waals surface area contributed by atoms with Crippen molar-refractivity contribution in [2.24, 2.45) is 23.6 Å². The lowest BCUT2D eigenvalue weighted by Crippen LogP contribution is -2.72. The Kier molecular flexibility index (Phi) is 33.3. The number of β-lactam (4-membered cyclic amide) rings is 3. The van der Waals surface area contributed by atoms with Crippen molar-refractivity contribution in [1.82, 2.24) is 40.7 Å². The number of rotatable bonds is 25. The number of benzene rings is 9. The number of nitrogens with zero attached hydrogens (tertiary/aromatic N) is 7. The number of hydrogen-bond acceptors (Lipinski definition) is 20. The van der Waals surface area contributed by atoms with Gasteiger partial charge in [-0.15, -0.1) is 0 Å². The number of hydrogen-bond donors (Lipinski definition) is 8. The summed E-state index contributed by atoms with van der Waals surface area (Å²) in [5, 5.41) is 27.4. The maximum Gasteiger partial charge on any atom is 0.415 e. The molecule has 704 valence electrons. The molecule has 9 aromatic carbocycles. The Hall–Kier alpha value is -11.7. The number of ether oxygens (including phenoxy) is 3. The minimum absolute atomic E-state index is 0.0436. The maximum atomic E-state index is 15.9. The smallest absolute Gasteiger partial charge is 0.415 e. The molecule has 6 fully saturated rings. The zero-order valence-electron chi connectivity index (χ0n) is 72.9. The molecule has 6 aliphatic heterocycles. The molecule has 6 heterocycles. The largest absolute Gasteiger partial charge is 0.735 e. The van der Waals surface area contributed by atoms with Crippen LogP contribution in [0, 0.1) is 70.1 Å². The summed E-state index contributed by atoms with van der Waals surface area (Å²) in [4.78, 5) is 86.3. The number of carbonyl (C=O) groups is 6. The third-order valence-electron chi connectivity index (χ3n) is 24.3. The molecule has 39 heteroatoms. The van der Waals surface area contributed by atoms with Crippen LogP contribution in [0.2, 0.25) is 18.1 Å². The Balaban J connectivity index is 0.000000175. The molecule has 6 aliphatic rings. The Labute approximate surface area is 758 Å². The second-order valence-electron chi connectivity index (χ2n) is 33.8. The summed E-state index contributed by atoms with van der Waals surface area (Å²) in [6.45, 7) is 14.7. The molecule has 0 radical (unpaired) electrons. The quantitative estimate of drug-likeness (QED) is 0.00658. The zero-order valence-corrected chi connectivity index (χ0v) is 74.7. The Morgan fingerprint density at radius 1 is 0.455 bits per heavy atom. The Bertz CT molecular complexity index is 5600. The minimum atomic E-state index is -4.63. The average Bonchev–Trinajstić information content (AvgIpc) is 0.742. The third-order valence-corrected chi connectivity index (χ3v) is 29.8. The van der Waals surface area contributed by atoms with Gasteiger partial charge in [0.1, 0.15) is 69.6 Å². The van der Waals surface area contributed by atoms with Crippen LogP contribution < -0.4 is 62.3 Å². The summed E-state index contributed by atoms with van der Waals surface area (Å²) in [6, 6.07) is 42.8. The van der Waals surface area contributed by atoms with Gasteiger partial charge in [0.2, 0.25) is 17.7 Å². The van der Waals surface area contributed by atoms with Gasteiger partial charge in [-0.3, -0.25) is 26.1 Å². The SMILES string of the molecule is CC(C)(C)[Si](C)(C)O[C@@H](CC[C@H]1C(=O)N(c2ccc(F)cc2)[C@@H]1c1ccc(OC(=O)N2CCNCC2)cc1F)c1ccc(F)cc1.NNN[NH3+].O=C(Oc1ccc([C@@H]2[C@@H](CC[C@H](O)c3ccc(F)cc3)C(=O)N2c2ccc(F)cc2)c(F)c1)N1CCN(S(=O)(=O)[O-])CC1.O=C(Oc1ccc([C@@H]2[C@@H](CC[C@H](O)c3ccc(F)cc3)C(=O)N2c2ccc(F)cc2)c(F)c1)N1CCNCC1. The van der Waals surface area contributed by atoms with Gasteiger partial charge >= 0.3 is 18.3 Å². The molecule has 0 unspecified atom stereocenters. The number of nitrogens with one attached hydrogen (secondary N) is 4. The number of aliphatic hydroxyl groups is 2. The monoisotopic (exact) mass is 1870 g/mol. The summed E-state index contributed by atoms with van der Waals surface area (Å²) in [7, 11) is -6.90. The number of piperazine rings is 3. The van der Waals surface area contributed by atoms with Crippen LogP contribution in [0.3, 0.4) is 0 Å². The van der Waals surface area contributed by atoms with E-state index in [-0.39, 0.29) is 114 Å². The van der Waals surface area contributed by atoms with E-state index in [9.17, 15) is 78.3 Å². The normalized spacial score (nSPS) is 19.5. The molecule has 0 saturated carbocycles. The van der Waals surface area contributed by atoms with Crippen LogP contribution in [0.25, 0.3) is 0 Å². The van der Waals surface area contributed by atoms with Crippen LogP contribution in [0.15, 0.2) is 200 Å². The lowest BCUT2D eigenvalue weighted by Gasteiger charge is -2.48. The van der Waals surface area contributed by atoms with Crippen LogP contribution in [-0.4, -0.2) is 165 Å². The number of hydrazine groups is 2. The van der Waals surface area contributed by atoms with Gasteiger partial charge in [-0.2, -0.15) is 5.53 Å². The predicted molar refractivity (Wildman–Crippen MR) is 471 cm³/mol. The van der Waals surface area contributed by atoms with E-state index >= 15 is 13.2 Å². The van der Waals surface area contributed by atoms with Crippen molar-refractivity contribution in [3.63, 3.8) is 0 Å². The van der Waals surface area contributed by atoms with Gasteiger partial charge in [-0.25, -0.2) is 66.6 Å². The van der Waals surface area contributed by atoms with Gasteiger partial charge < -0.3 is 73.4 Å². The first-order valence-corrected chi connectivity index (χ1v) is 47.1. The number of anilines is 3. The van der Waals surface area contributed by atoms with E-state index in [1.807, 2.05) is 0 Å². The Morgan fingerprint density at radius 3 is 1.00 bits per heavy atom. The maximum absolute atomic E-state index is 15.9. The van der Waals surface area contributed by atoms with E-state index in [1.165, 1.54) is 194 Å². The molecule has 0 bridgehead atoms. The van der Waals surface area contributed by atoms with Crippen molar-refractivity contribution in [2.75, 3.05) is 93.2 Å². The van der Waals surface area contributed by atoms with Gasteiger partial charge in [0, 0.05) is 130 Å². The van der Waals surface area contributed by atoms with E-state index in [0.29, 0.717) is 97.7 Å². The zero-order chi connectivity index (χ0) is 95.0. The molecule has 11 N–H and O–H groups in total. The summed E-state index contributed by atoms with van der Waals surface area (Å²) < 4.78 is 185. The first-order chi connectivity index (χ1) is 62.9. The molecule has 0 aromatic heterocycles. The van der Waals surface area contributed by atoms with Crippen LogP contribution in [0.4, 0.5) is 71.0 Å². The van der Waals surface area contributed by atoms with Crippen LogP contribution in [0.5, 0.6) is 17.2 Å². The van der Waals surface area contributed by atoms with E-state index in [4.69, 9.17) is 18.6 Å². The van der Waals surface area contributed by atoms with E-state index < -0.39 is 138 Å². The number of amides is 6. The molecule has 9 aromatic rings. The Morgan fingerprint density at radius 2 is 0.727 bits per heavy atom. The number of carbonyl (C=O) groups excluding carboxylic acids is 6. The second kappa shape index (κ2) is 44.2.